The van der Waals surface area contributed by atoms with Crippen molar-refractivity contribution in [1.29, 1.82) is 0 Å². The monoisotopic (exact) mass is 251 g/mol. The lowest BCUT2D eigenvalue weighted by molar-refractivity contribution is -0.148. The van der Waals surface area contributed by atoms with Crippen LogP contribution in [0.15, 0.2) is 17.8 Å². The topological polar surface area (TPSA) is 66.6 Å². The zero-order valence-electron chi connectivity index (χ0n) is 9.22. The standard InChI is InChI=1S/C11H13N3O2S/c15-9(16)11(2-1-3-11)12-6-8-7-14-4-5-17-10(14)13-8/h4-5,7,12H,1-3,6H2,(H,15,16). The van der Waals surface area contributed by atoms with Gasteiger partial charge in [0.15, 0.2) is 4.96 Å². The molecule has 90 valence electrons. The maximum atomic E-state index is 11.2. The molecule has 1 aliphatic rings. The molecular formula is C11H13N3O2S. The Morgan fingerprint density at radius 3 is 3.06 bits per heavy atom. The van der Waals surface area contributed by atoms with Gasteiger partial charge in [-0.15, -0.1) is 11.3 Å². The maximum absolute atomic E-state index is 11.2. The minimum absolute atomic E-state index is 0.515. The molecule has 0 aromatic carbocycles. The lowest BCUT2D eigenvalue weighted by atomic mass is 9.77. The first-order chi connectivity index (χ1) is 8.20. The highest BCUT2D eigenvalue weighted by atomic mass is 32.1. The number of aromatic nitrogens is 2. The molecule has 0 spiro atoms. The maximum Gasteiger partial charge on any atom is 0.323 e. The van der Waals surface area contributed by atoms with Crippen LogP contribution in [0, 0.1) is 0 Å². The SMILES string of the molecule is O=C(O)C1(NCc2cn3ccsc3n2)CCC1. The summed E-state index contributed by atoms with van der Waals surface area (Å²) in [6.45, 7) is 0.515. The van der Waals surface area contributed by atoms with Crippen LogP contribution in [0.1, 0.15) is 25.0 Å². The van der Waals surface area contributed by atoms with Crippen molar-refractivity contribution in [3.8, 4) is 0 Å². The average molecular weight is 251 g/mol. The van der Waals surface area contributed by atoms with Gasteiger partial charge >= 0.3 is 5.97 Å². The predicted octanol–water partition coefficient (Wildman–Crippen LogP) is 1.49. The van der Waals surface area contributed by atoms with Crippen LogP contribution >= 0.6 is 11.3 Å². The van der Waals surface area contributed by atoms with Crippen molar-refractivity contribution in [2.45, 2.75) is 31.3 Å². The number of carboxylic acids is 1. The number of nitrogens with zero attached hydrogens (tertiary/aromatic N) is 2. The van der Waals surface area contributed by atoms with E-state index in [2.05, 4.69) is 10.3 Å². The zero-order valence-corrected chi connectivity index (χ0v) is 10.0. The summed E-state index contributed by atoms with van der Waals surface area (Å²) in [7, 11) is 0. The summed E-state index contributed by atoms with van der Waals surface area (Å²) >= 11 is 1.58. The van der Waals surface area contributed by atoms with Crippen LogP contribution in [0.4, 0.5) is 0 Å². The first-order valence-electron chi connectivity index (χ1n) is 5.59. The second-order valence-electron chi connectivity index (χ2n) is 4.42. The summed E-state index contributed by atoms with van der Waals surface area (Å²) < 4.78 is 1.95. The number of fused-ring (bicyclic) bond motifs is 1. The van der Waals surface area contributed by atoms with Crippen molar-refractivity contribution in [3.05, 3.63) is 23.5 Å². The van der Waals surface area contributed by atoms with Crippen molar-refractivity contribution in [2.24, 2.45) is 0 Å². The van der Waals surface area contributed by atoms with Gasteiger partial charge in [0.2, 0.25) is 0 Å². The van der Waals surface area contributed by atoms with E-state index in [1.54, 1.807) is 11.3 Å². The number of aliphatic carboxylic acids is 1. The van der Waals surface area contributed by atoms with Gasteiger partial charge in [-0.25, -0.2) is 4.98 Å². The van der Waals surface area contributed by atoms with Gasteiger partial charge in [-0.05, 0) is 19.3 Å². The van der Waals surface area contributed by atoms with E-state index in [4.69, 9.17) is 0 Å². The highest BCUT2D eigenvalue weighted by Gasteiger charge is 2.43. The Bertz CT molecular complexity index is 527. The molecule has 0 aliphatic heterocycles. The average Bonchev–Trinajstić information content (AvgIpc) is 2.74. The van der Waals surface area contributed by atoms with Gasteiger partial charge in [-0.1, -0.05) is 0 Å². The lowest BCUT2D eigenvalue weighted by Gasteiger charge is -2.38. The van der Waals surface area contributed by atoms with Crippen LogP contribution in [0.5, 0.6) is 0 Å². The summed E-state index contributed by atoms with van der Waals surface area (Å²) in [6, 6.07) is 0. The van der Waals surface area contributed by atoms with Crippen molar-refractivity contribution in [3.63, 3.8) is 0 Å². The minimum atomic E-state index is -0.746. The van der Waals surface area contributed by atoms with Crippen molar-refractivity contribution in [2.75, 3.05) is 0 Å². The number of imidazole rings is 1. The van der Waals surface area contributed by atoms with Gasteiger partial charge in [0, 0.05) is 24.3 Å². The van der Waals surface area contributed by atoms with Crippen LogP contribution in [0.3, 0.4) is 0 Å². The van der Waals surface area contributed by atoms with E-state index in [1.807, 2.05) is 22.2 Å². The van der Waals surface area contributed by atoms with Crippen molar-refractivity contribution >= 4 is 22.3 Å². The van der Waals surface area contributed by atoms with Gasteiger partial charge < -0.3 is 5.11 Å². The molecular weight excluding hydrogens is 238 g/mol. The van der Waals surface area contributed by atoms with Crippen LogP contribution in [-0.2, 0) is 11.3 Å². The molecule has 2 N–H and O–H groups in total. The predicted molar refractivity (Wildman–Crippen MR) is 64.1 cm³/mol. The summed E-state index contributed by atoms with van der Waals surface area (Å²) in [5.74, 6) is -0.746. The fourth-order valence-corrected chi connectivity index (χ4v) is 2.84. The molecule has 0 radical (unpaired) electrons. The van der Waals surface area contributed by atoms with E-state index in [0.717, 1.165) is 17.1 Å². The highest BCUT2D eigenvalue weighted by molar-refractivity contribution is 7.15. The number of hydrogen-bond donors (Lipinski definition) is 2. The third-order valence-corrected chi connectivity index (χ3v) is 4.14. The number of carboxylic acid groups (broad SMARTS) is 1. The van der Waals surface area contributed by atoms with Crippen LogP contribution in [0.25, 0.3) is 4.96 Å². The molecule has 17 heavy (non-hydrogen) atoms. The molecule has 2 aromatic rings. The molecule has 0 atom stereocenters. The van der Waals surface area contributed by atoms with Crippen molar-refractivity contribution < 1.29 is 9.90 Å². The number of hydrogen-bond acceptors (Lipinski definition) is 4. The normalized spacial score (nSPS) is 18.1. The van der Waals surface area contributed by atoms with Gasteiger partial charge in [0.25, 0.3) is 0 Å². The number of nitrogens with one attached hydrogen (secondary N) is 1. The summed E-state index contributed by atoms with van der Waals surface area (Å²) in [5, 5.41) is 14.3. The third kappa shape index (κ3) is 1.73. The van der Waals surface area contributed by atoms with E-state index in [1.165, 1.54) is 0 Å². The van der Waals surface area contributed by atoms with E-state index in [9.17, 15) is 9.90 Å². The molecule has 0 amide bonds. The van der Waals surface area contributed by atoms with E-state index >= 15 is 0 Å². The van der Waals surface area contributed by atoms with E-state index in [-0.39, 0.29) is 0 Å². The Morgan fingerprint density at radius 2 is 2.47 bits per heavy atom. The minimum Gasteiger partial charge on any atom is -0.480 e. The van der Waals surface area contributed by atoms with E-state index in [0.29, 0.717) is 19.4 Å². The van der Waals surface area contributed by atoms with Gasteiger partial charge in [0.05, 0.1) is 5.69 Å². The Labute approximate surface area is 102 Å². The summed E-state index contributed by atoms with van der Waals surface area (Å²) in [6.07, 6.45) is 6.30. The van der Waals surface area contributed by atoms with Gasteiger partial charge in [0.1, 0.15) is 5.54 Å². The van der Waals surface area contributed by atoms with Gasteiger partial charge in [-0.3, -0.25) is 14.5 Å². The molecule has 0 saturated heterocycles. The molecule has 3 rings (SSSR count). The highest BCUT2D eigenvalue weighted by Crippen LogP contribution is 2.32. The van der Waals surface area contributed by atoms with Crippen LogP contribution < -0.4 is 5.32 Å². The number of thiazole rings is 1. The third-order valence-electron chi connectivity index (χ3n) is 3.37. The van der Waals surface area contributed by atoms with E-state index < -0.39 is 11.5 Å². The first-order valence-corrected chi connectivity index (χ1v) is 6.47. The Balaban J connectivity index is 1.71. The molecule has 0 unspecified atom stereocenters. The summed E-state index contributed by atoms with van der Waals surface area (Å²) in [5.41, 5.74) is 0.182. The first kappa shape index (κ1) is 10.7. The fourth-order valence-electron chi connectivity index (χ4n) is 2.12. The molecule has 2 heterocycles. The van der Waals surface area contributed by atoms with Crippen LogP contribution in [-0.4, -0.2) is 26.0 Å². The molecule has 0 bridgehead atoms. The van der Waals surface area contributed by atoms with Crippen LogP contribution in [0.2, 0.25) is 0 Å². The smallest absolute Gasteiger partial charge is 0.323 e. The zero-order chi connectivity index (χ0) is 11.9. The second kappa shape index (κ2) is 3.82. The molecule has 1 aliphatic carbocycles. The molecule has 2 aromatic heterocycles. The molecule has 1 saturated carbocycles. The quantitative estimate of drug-likeness (QED) is 0.864. The van der Waals surface area contributed by atoms with Gasteiger partial charge in [-0.2, -0.15) is 0 Å². The Morgan fingerprint density at radius 1 is 1.65 bits per heavy atom. The fraction of sp³-hybridized carbons (Fsp3) is 0.455. The summed E-state index contributed by atoms with van der Waals surface area (Å²) in [4.78, 5) is 16.5. The molecule has 1 fully saturated rings. The second-order valence-corrected chi connectivity index (χ2v) is 5.29. The molecule has 6 heteroatoms. The van der Waals surface area contributed by atoms with Crippen molar-refractivity contribution in [1.82, 2.24) is 14.7 Å². The number of rotatable bonds is 4. The molecule has 5 nitrogen and oxygen atoms in total. The lowest BCUT2D eigenvalue weighted by Crippen LogP contribution is -2.56. The number of carbonyl (C=O) groups is 1. The Kier molecular flexibility index (Phi) is 2.41. The Hall–Kier alpha value is -1.40. The largest absolute Gasteiger partial charge is 0.480 e.